The number of hydrogen-bond acceptors (Lipinski definition) is 3. The molecule has 0 atom stereocenters. The maximum atomic E-state index is 12.2. The molecule has 4 nitrogen and oxygen atoms in total. The van der Waals surface area contributed by atoms with Crippen molar-refractivity contribution in [1.29, 1.82) is 0 Å². The lowest BCUT2D eigenvalue weighted by atomic mass is 9.78. The van der Waals surface area contributed by atoms with Gasteiger partial charge in [0.15, 0.2) is 0 Å². The minimum atomic E-state index is -0.106. The average molecular weight is 275 g/mol. The first kappa shape index (κ1) is 14.8. The van der Waals surface area contributed by atoms with Gasteiger partial charge in [0, 0.05) is 24.6 Å². The number of hydrogen-bond donors (Lipinski definition) is 2. The van der Waals surface area contributed by atoms with Gasteiger partial charge < -0.3 is 11.1 Å². The maximum Gasteiger partial charge on any atom is 0.254 e. The zero-order chi connectivity index (χ0) is 14.6. The summed E-state index contributed by atoms with van der Waals surface area (Å²) < 4.78 is 0. The normalized spacial score (nSPS) is 17.4. The molecular weight excluding hydrogens is 250 g/mol. The summed E-state index contributed by atoms with van der Waals surface area (Å²) in [6.45, 7) is 5.25. The van der Waals surface area contributed by atoms with Gasteiger partial charge >= 0.3 is 0 Å². The van der Waals surface area contributed by atoms with Crippen molar-refractivity contribution in [2.24, 2.45) is 11.3 Å². The van der Waals surface area contributed by atoms with Gasteiger partial charge in [0.05, 0.1) is 5.56 Å². The Kier molecular flexibility index (Phi) is 4.63. The molecule has 1 amide bonds. The third-order valence-electron chi connectivity index (χ3n) is 4.23. The standard InChI is InChI=1S/C16H25N3O/c1-12(2)9-16(6-3-4-7-16)11-19-15(20)13-10-18-8-5-14(13)17/h5,8,10,12H,3-4,6-7,9,11H2,1-2H3,(H2,17,18)(H,19,20). The molecule has 110 valence electrons. The zero-order valence-corrected chi connectivity index (χ0v) is 12.5. The van der Waals surface area contributed by atoms with E-state index in [2.05, 4.69) is 24.1 Å². The number of rotatable bonds is 5. The van der Waals surface area contributed by atoms with Crippen LogP contribution in [-0.4, -0.2) is 17.4 Å². The zero-order valence-electron chi connectivity index (χ0n) is 12.5. The SMILES string of the molecule is CC(C)CC1(CNC(=O)c2cnccc2N)CCCC1. The Labute approximate surface area is 121 Å². The second kappa shape index (κ2) is 6.25. The molecule has 1 aliphatic rings. The number of pyridine rings is 1. The van der Waals surface area contributed by atoms with Gasteiger partial charge in [-0.2, -0.15) is 0 Å². The van der Waals surface area contributed by atoms with Crippen LogP contribution in [0, 0.1) is 11.3 Å². The van der Waals surface area contributed by atoms with Gasteiger partial charge in [-0.1, -0.05) is 26.7 Å². The van der Waals surface area contributed by atoms with Gasteiger partial charge in [0.1, 0.15) is 0 Å². The topological polar surface area (TPSA) is 68.0 Å². The van der Waals surface area contributed by atoms with Gasteiger partial charge in [-0.05, 0) is 36.7 Å². The van der Waals surface area contributed by atoms with Crippen LogP contribution in [0.3, 0.4) is 0 Å². The molecule has 0 spiro atoms. The molecule has 0 unspecified atom stereocenters. The van der Waals surface area contributed by atoms with Crippen LogP contribution >= 0.6 is 0 Å². The van der Waals surface area contributed by atoms with Crippen molar-refractivity contribution in [2.75, 3.05) is 12.3 Å². The predicted octanol–water partition coefficient (Wildman–Crippen LogP) is 3.00. The Hall–Kier alpha value is -1.58. The number of amides is 1. The third kappa shape index (κ3) is 3.50. The second-order valence-corrected chi connectivity index (χ2v) is 6.45. The molecule has 0 bridgehead atoms. The highest BCUT2D eigenvalue weighted by molar-refractivity contribution is 5.98. The quantitative estimate of drug-likeness (QED) is 0.868. The van der Waals surface area contributed by atoms with E-state index in [1.807, 2.05) is 0 Å². The smallest absolute Gasteiger partial charge is 0.254 e. The van der Waals surface area contributed by atoms with Crippen molar-refractivity contribution >= 4 is 11.6 Å². The van der Waals surface area contributed by atoms with E-state index in [4.69, 9.17) is 5.73 Å². The predicted molar refractivity (Wildman–Crippen MR) is 81.3 cm³/mol. The van der Waals surface area contributed by atoms with Crippen LogP contribution in [0.4, 0.5) is 5.69 Å². The Morgan fingerprint density at radius 2 is 2.15 bits per heavy atom. The molecule has 3 N–H and O–H groups in total. The maximum absolute atomic E-state index is 12.2. The molecule has 4 heteroatoms. The number of nitrogens with two attached hydrogens (primary N) is 1. The lowest BCUT2D eigenvalue weighted by Crippen LogP contribution is -2.37. The molecule has 0 aliphatic heterocycles. The molecule has 1 saturated carbocycles. The summed E-state index contributed by atoms with van der Waals surface area (Å²) in [5, 5.41) is 3.07. The minimum absolute atomic E-state index is 0.106. The van der Waals surface area contributed by atoms with Gasteiger partial charge in [-0.3, -0.25) is 9.78 Å². The van der Waals surface area contributed by atoms with E-state index in [1.165, 1.54) is 38.3 Å². The largest absolute Gasteiger partial charge is 0.398 e. The fourth-order valence-electron chi connectivity index (χ4n) is 3.40. The molecule has 1 aromatic rings. The Morgan fingerprint density at radius 1 is 1.45 bits per heavy atom. The number of carbonyl (C=O) groups excluding carboxylic acids is 1. The van der Waals surface area contributed by atoms with Crippen molar-refractivity contribution in [3.63, 3.8) is 0 Å². The number of carbonyl (C=O) groups is 1. The summed E-state index contributed by atoms with van der Waals surface area (Å²) in [7, 11) is 0. The van der Waals surface area contributed by atoms with Crippen LogP contribution in [0.2, 0.25) is 0 Å². The van der Waals surface area contributed by atoms with E-state index in [9.17, 15) is 4.79 Å². The van der Waals surface area contributed by atoms with Crippen molar-refractivity contribution in [2.45, 2.75) is 46.0 Å². The first-order valence-corrected chi connectivity index (χ1v) is 7.50. The summed E-state index contributed by atoms with van der Waals surface area (Å²) in [6, 6.07) is 1.66. The van der Waals surface area contributed by atoms with Gasteiger partial charge in [0.2, 0.25) is 0 Å². The number of anilines is 1. The van der Waals surface area contributed by atoms with E-state index in [0.29, 0.717) is 17.2 Å². The number of nitrogen functional groups attached to an aromatic ring is 1. The molecule has 0 aromatic carbocycles. The van der Waals surface area contributed by atoms with Gasteiger partial charge in [0.25, 0.3) is 5.91 Å². The number of aromatic nitrogens is 1. The van der Waals surface area contributed by atoms with Gasteiger partial charge in [-0.15, -0.1) is 0 Å². The monoisotopic (exact) mass is 275 g/mol. The van der Waals surface area contributed by atoms with E-state index in [0.717, 1.165) is 6.54 Å². The average Bonchev–Trinajstić information content (AvgIpc) is 2.84. The fraction of sp³-hybridized carbons (Fsp3) is 0.625. The highest BCUT2D eigenvalue weighted by atomic mass is 16.1. The Morgan fingerprint density at radius 3 is 2.75 bits per heavy atom. The Bertz CT molecular complexity index is 465. The van der Waals surface area contributed by atoms with E-state index < -0.39 is 0 Å². The van der Waals surface area contributed by atoms with Crippen molar-refractivity contribution in [1.82, 2.24) is 10.3 Å². The van der Waals surface area contributed by atoms with E-state index in [-0.39, 0.29) is 11.3 Å². The lowest BCUT2D eigenvalue weighted by Gasteiger charge is -2.31. The highest BCUT2D eigenvalue weighted by Crippen LogP contribution is 2.42. The Balaban J connectivity index is 1.99. The summed E-state index contributed by atoms with van der Waals surface area (Å²) in [5.74, 6) is 0.555. The fourth-order valence-corrected chi connectivity index (χ4v) is 3.40. The third-order valence-corrected chi connectivity index (χ3v) is 4.23. The molecule has 20 heavy (non-hydrogen) atoms. The summed E-state index contributed by atoms with van der Waals surface area (Å²) in [5.41, 5.74) is 7.06. The number of nitrogens with zero attached hydrogens (tertiary/aromatic N) is 1. The molecule has 1 aromatic heterocycles. The molecule has 2 rings (SSSR count). The first-order valence-electron chi connectivity index (χ1n) is 7.50. The lowest BCUT2D eigenvalue weighted by molar-refractivity contribution is 0.0922. The molecule has 1 aliphatic carbocycles. The van der Waals surface area contributed by atoms with Crippen LogP contribution in [-0.2, 0) is 0 Å². The van der Waals surface area contributed by atoms with Gasteiger partial charge in [-0.25, -0.2) is 0 Å². The van der Waals surface area contributed by atoms with Crippen LogP contribution in [0.25, 0.3) is 0 Å². The molecule has 1 heterocycles. The molecule has 1 fully saturated rings. The van der Waals surface area contributed by atoms with E-state index in [1.54, 1.807) is 12.3 Å². The van der Waals surface area contributed by atoms with Crippen LogP contribution < -0.4 is 11.1 Å². The van der Waals surface area contributed by atoms with E-state index >= 15 is 0 Å². The summed E-state index contributed by atoms with van der Waals surface area (Å²) in [6.07, 6.45) is 9.30. The van der Waals surface area contributed by atoms with Crippen LogP contribution in [0.1, 0.15) is 56.3 Å². The summed E-state index contributed by atoms with van der Waals surface area (Å²) in [4.78, 5) is 16.2. The van der Waals surface area contributed by atoms with Crippen LogP contribution in [0.15, 0.2) is 18.5 Å². The second-order valence-electron chi connectivity index (χ2n) is 6.45. The van der Waals surface area contributed by atoms with Crippen molar-refractivity contribution in [3.8, 4) is 0 Å². The molecule has 0 saturated heterocycles. The molecule has 0 radical (unpaired) electrons. The van der Waals surface area contributed by atoms with Crippen LogP contribution in [0.5, 0.6) is 0 Å². The first-order chi connectivity index (χ1) is 9.52. The highest BCUT2D eigenvalue weighted by Gasteiger charge is 2.34. The molecular formula is C16H25N3O. The number of nitrogens with one attached hydrogen (secondary N) is 1. The van der Waals surface area contributed by atoms with Crippen molar-refractivity contribution in [3.05, 3.63) is 24.0 Å². The summed E-state index contributed by atoms with van der Waals surface area (Å²) >= 11 is 0. The van der Waals surface area contributed by atoms with Crippen molar-refractivity contribution < 1.29 is 4.79 Å². The minimum Gasteiger partial charge on any atom is -0.398 e.